The summed E-state index contributed by atoms with van der Waals surface area (Å²) in [6, 6.07) is 6.64. The second-order valence-corrected chi connectivity index (χ2v) is 4.99. The van der Waals surface area contributed by atoms with Crippen molar-refractivity contribution in [1.82, 2.24) is 4.90 Å². The van der Waals surface area contributed by atoms with E-state index in [9.17, 15) is 9.18 Å². The van der Waals surface area contributed by atoms with Crippen LogP contribution in [0.3, 0.4) is 0 Å². The molecule has 1 amide bonds. The van der Waals surface area contributed by atoms with E-state index in [4.69, 9.17) is 5.26 Å². The van der Waals surface area contributed by atoms with Crippen LogP contribution in [0.1, 0.15) is 41.6 Å². The number of halogens is 1. The van der Waals surface area contributed by atoms with Gasteiger partial charge in [0.05, 0.1) is 6.07 Å². The van der Waals surface area contributed by atoms with Crippen molar-refractivity contribution in [3.8, 4) is 6.07 Å². The largest absolute Gasteiger partial charge is 0.322 e. The maximum Gasteiger partial charge on any atom is 0.255 e. The lowest BCUT2D eigenvalue weighted by Gasteiger charge is -2.26. The molecule has 0 atom stereocenters. The van der Waals surface area contributed by atoms with Crippen LogP contribution in [0.5, 0.6) is 0 Å². The fourth-order valence-electron chi connectivity index (χ4n) is 2.55. The van der Waals surface area contributed by atoms with Gasteiger partial charge in [-0.2, -0.15) is 5.26 Å². The number of hydrogen-bond donors (Lipinski definition) is 0. The van der Waals surface area contributed by atoms with Crippen LogP contribution >= 0.6 is 0 Å². The minimum absolute atomic E-state index is 0.0684. The van der Waals surface area contributed by atoms with Crippen LogP contribution in [-0.4, -0.2) is 23.4 Å². The molecule has 0 N–H and O–H groups in total. The number of hydrogen-bond acceptors (Lipinski definition) is 2. The first kappa shape index (κ1) is 13.5. The van der Waals surface area contributed by atoms with Crippen LogP contribution in [0.4, 0.5) is 4.39 Å². The van der Waals surface area contributed by atoms with E-state index >= 15 is 0 Å². The molecule has 1 aromatic rings. The highest BCUT2D eigenvalue weighted by atomic mass is 19.1. The number of amides is 1. The third-order valence-corrected chi connectivity index (χ3v) is 3.69. The second-order valence-electron chi connectivity index (χ2n) is 4.99. The summed E-state index contributed by atoms with van der Waals surface area (Å²) in [5.74, 6) is -0.624. The summed E-state index contributed by atoms with van der Waals surface area (Å²) in [5, 5.41) is 8.87. The third-order valence-electron chi connectivity index (χ3n) is 3.69. The number of benzene rings is 1. The zero-order valence-corrected chi connectivity index (χ0v) is 11.0. The molecule has 1 saturated carbocycles. The normalized spacial score (nSPS) is 15.2. The minimum atomic E-state index is -0.380. The molecule has 1 aromatic carbocycles. The Morgan fingerprint density at radius 1 is 1.47 bits per heavy atom. The van der Waals surface area contributed by atoms with Gasteiger partial charge in [-0.25, -0.2) is 4.39 Å². The van der Waals surface area contributed by atoms with E-state index in [1.165, 1.54) is 6.07 Å². The summed E-state index contributed by atoms with van der Waals surface area (Å²) < 4.78 is 13.5. The summed E-state index contributed by atoms with van der Waals surface area (Å²) in [6.45, 7) is 1.73. The molecular weight excluding hydrogens is 243 g/mol. The van der Waals surface area contributed by atoms with Gasteiger partial charge in [0.1, 0.15) is 12.4 Å². The van der Waals surface area contributed by atoms with Gasteiger partial charge in [0.2, 0.25) is 0 Å². The Morgan fingerprint density at radius 2 is 2.16 bits per heavy atom. The van der Waals surface area contributed by atoms with Gasteiger partial charge in [-0.3, -0.25) is 4.79 Å². The zero-order chi connectivity index (χ0) is 13.8. The molecule has 2 rings (SSSR count). The van der Waals surface area contributed by atoms with Gasteiger partial charge in [0, 0.05) is 11.6 Å². The number of rotatable bonds is 3. The molecule has 1 fully saturated rings. The molecule has 0 saturated heterocycles. The maximum atomic E-state index is 13.5. The molecule has 0 aromatic heterocycles. The molecule has 1 aliphatic carbocycles. The quantitative estimate of drug-likeness (QED) is 0.784. The molecule has 0 unspecified atom stereocenters. The zero-order valence-electron chi connectivity index (χ0n) is 11.0. The fraction of sp³-hybridized carbons (Fsp3) is 0.467. The van der Waals surface area contributed by atoms with E-state index in [-0.39, 0.29) is 24.3 Å². The first-order valence-corrected chi connectivity index (χ1v) is 6.57. The Bertz CT molecular complexity index is 515. The Morgan fingerprint density at radius 3 is 2.74 bits per heavy atom. The second kappa shape index (κ2) is 5.83. The minimum Gasteiger partial charge on any atom is -0.322 e. The lowest BCUT2D eigenvalue weighted by molar-refractivity contribution is 0.0709. The summed E-state index contributed by atoms with van der Waals surface area (Å²) >= 11 is 0. The molecule has 3 nitrogen and oxygen atoms in total. The van der Waals surface area contributed by atoms with Crippen molar-refractivity contribution >= 4 is 5.91 Å². The molecule has 100 valence electrons. The Balaban J connectivity index is 2.23. The summed E-state index contributed by atoms with van der Waals surface area (Å²) in [6.07, 6.45) is 4.04. The average molecular weight is 260 g/mol. The standard InChI is InChI=1S/C15H17FN2O/c1-11-6-7-12(10-14(11)16)15(19)18(9-8-17)13-4-2-3-5-13/h6-7,10,13H,2-5,9H2,1H3. The Hall–Kier alpha value is -1.89. The van der Waals surface area contributed by atoms with Gasteiger partial charge in [-0.05, 0) is 37.5 Å². The van der Waals surface area contributed by atoms with Gasteiger partial charge in [-0.1, -0.05) is 18.9 Å². The van der Waals surface area contributed by atoms with Gasteiger partial charge in [0.25, 0.3) is 5.91 Å². The fourth-order valence-corrected chi connectivity index (χ4v) is 2.55. The number of aryl methyl sites for hydroxylation is 1. The smallest absolute Gasteiger partial charge is 0.255 e. The van der Waals surface area contributed by atoms with Crippen LogP contribution in [0.2, 0.25) is 0 Å². The van der Waals surface area contributed by atoms with E-state index in [2.05, 4.69) is 0 Å². The summed E-state index contributed by atoms with van der Waals surface area (Å²) in [5.41, 5.74) is 0.842. The Labute approximate surface area is 112 Å². The van der Waals surface area contributed by atoms with Crippen LogP contribution in [-0.2, 0) is 0 Å². The monoisotopic (exact) mass is 260 g/mol. The molecule has 1 aliphatic rings. The number of carbonyl (C=O) groups is 1. The SMILES string of the molecule is Cc1ccc(C(=O)N(CC#N)C2CCCC2)cc1F. The highest BCUT2D eigenvalue weighted by Crippen LogP contribution is 2.25. The van der Waals surface area contributed by atoms with Crippen LogP contribution in [0.15, 0.2) is 18.2 Å². The van der Waals surface area contributed by atoms with Gasteiger partial charge in [0.15, 0.2) is 0 Å². The molecule has 0 spiro atoms. The van der Waals surface area contributed by atoms with Crippen molar-refractivity contribution in [3.63, 3.8) is 0 Å². The van der Waals surface area contributed by atoms with Gasteiger partial charge < -0.3 is 4.90 Å². The van der Waals surface area contributed by atoms with Crippen LogP contribution in [0, 0.1) is 24.1 Å². The predicted octanol–water partition coefficient (Wildman–Crippen LogP) is 3.04. The summed E-state index contributed by atoms with van der Waals surface area (Å²) in [4.78, 5) is 14.0. The highest BCUT2D eigenvalue weighted by Gasteiger charge is 2.27. The highest BCUT2D eigenvalue weighted by molar-refractivity contribution is 5.94. The molecule has 0 heterocycles. The Kier molecular flexibility index (Phi) is 4.16. The van der Waals surface area contributed by atoms with E-state index in [1.807, 2.05) is 6.07 Å². The van der Waals surface area contributed by atoms with Gasteiger partial charge >= 0.3 is 0 Å². The van der Waals surface area contributed by atoms with Crippen molar-refractivity contribution in [3.05, 3.63) is 35.1 Å². The topological polar surface area (TPSA) is 44.1 Å². The van der Waals surface area contributed by atoms with E-state index in [1.54, 1.807) is 24.0 Å². The van der Waals surface area contributed by atoms with E-state index in [0.29, 0.717) is 11.1 Å². The van der Waals surface area contributed by atoms with Crippen molar-refractivity contribution in [2.75, 3.05) is 6.54 Å². The predicted molar refractivity (Wildman–Crippen MR) is 70.0 cm³/mol. The van der Waals surface area contributed by atoms with E-state index < -0.39 is 0 Å². The molecule has 0 aliphatic heterocycles. The van der Waals surface area contributed by atoms with E-state index in [0.717, 1.165) is 25.7 Å². The molecular formula is C15H17FN2O. The van der Waals surface area contributed by atoms with Crippen LogP contribution < -0.4 is 0 Å². The lowest BCUT2D eigenvalue weighted by atomic mass is 10.1. The summed E-state index contributed by atoms with van der Waals surface area (Å²) in [7, 11) is 0. The first-order chi connectivity index (χ1) is 9.13. The van der Waals surface area contributed by atoms with Crippen LogP contribution in [0.25, 0.3) is 0 Å². The van der Waals surface area contributed by atoms with Crippen molar-refractivity contribution < 1.29 is 9.18 Å². The number of nitrogens with zero attached hydrogens (tertiary/aromatic N) is 2. The molecule has 0 bridgehead atoms. The van der Waals surface area contributed by atoms with Crippen molar-refractivity contribution in [2.24, 2.45) is 0 Å². The maximum absolute atomic E-state index is 13.5. The average Bonchev–Trinajstić information content (AvgIpc) is 2.92. The number of nitriles is 1. The molecule has 19 heavy (non-hydrogen) atoms. The lowest BCUT2D eigenvalue weighted by Crippen LogP contribution is -2.39. The molecule has 0 radical (unpaired) electrons. The molecule has 4 heteroatoms. The van der Waals surface area contributed by atoms with Crippen molar-refractivity contribution in [2.45, 2.75) is 38.6 Å². The van der Waals surface area contributed by atoms with Gasteiger partial charge in [-0.15, -0.1) is 0 Å². The third kappa shape index (κ3) is 2.93. The van der Waals surface area contributed by atoms with Crippen molar-refractivity contribution in [1.29, 1.82) is 5.26 Å². The first-order valence-electron chi connectivity index (χ1n) is 6.57. The number of carbonyl (C=O) groups excluding carboxylic acids is 1.